The summed E-state index contributed by atoms with van der Waals surface area (Å²) in [5, 5.41) is 16.6. The number of phenols is 1. The Hall–Kier alpha value is -1.71. The van der Waals surface area contributed by atoms with Gasteiger partial charge >= 0.3 is 0 Å². The number of hydrogen-bond donors (Lipinski definition) is 3. The third-order valence-corrected chi connectivity index (χ3v) is 1.73. The first-order chi connectivity index (χ1) is 6.65. The van der Waals surface area contributed by atoms with Gasteiger partial charge in [0.25, 0.3) is 0 Å². The van der Waals surface area contributed by atoms with Crippen molar-refractivity contribution in [1.82, 2.24) is 0 Å². The van der Waals surface area contributed by atoms with Gasteiger partial charge in [-0.2, -0.15) is 0 Å². The molecule has 4 nitrogen and oxygen atoms in total. The number of aromatic hydroxyl groups is 1. The second kappa shape index (κ2) is 4.50. The summed E-state index contributed by atoms with van der Waals surface area (Å²) in [6, 6.07) is 4.72. The average molecular weight is 194 g/mol. The number of nitrogens with one attached hydrogen (secondary N) is 1. The number of ether oxygens (including phenoxy) is 1. The Bertz CT molecular complexity index is 337. The molecule has 0 aliphatic heterocycles. The Morgan fingerprint density at radius 3 is 2.79 bits per heavy atom. The molecule has 0 bridgehead atoms. The lowest BCUT2D eigenvalue weighted by Crippen LogP contribution is -2.11. The van der Waals surface area contributed by atoms with Crippen LogP contribution in [-0.4, -0.2) is 17.5 Å². The van der Waals surface area contributed by atoms with Gasteiger partial charge in [0.2, 0.25) is 0 Å². The first kappa shape index (κ1) is 10.4. The van der Waals surface area contributed by atoms with Crippen molar-refractivity contribution in [1.29, 1.82) is 5.41 Å². The minimum absolute atomic E-state index is 0.0221. The molecule has 1 aromatic rings. The van der Waals surface area contributed by atoms with Crippen molar-refractivity contribution in [2.45, 2.75) is 13.3 Å². The van der Waals surface area contributed by atoms with Gasteiger partial charge in [0.15, 0.2) is 0 Å². The normalized spacial score (nSPS) is 9.79. The van der Waals surface area contributed by atoms with E-state index in [2.05, 4.69) is 0 Å². The van der Waals surface area contributed by atoms with E-state index in [0.29, 0.717) is 17.9 Å². The number of amidine groups is 1. The van der Waals surface area contributed by atoms with Crippen molar-refractivity contribution in [2.24, 2.45) is 5.73 Å². The van der Waals surface area contributed by atoms with Crippen LogP contribution >= 0.6 is 0 Å². The molecule has 1 rings (SSSR count). The third-order valence-electron chi connectivity index (χ3n) is 1.73. The summed E-state index contributed by atoms with van der Waals surface area (Å²) in [5.41, 5.74) is 5.57. The predicted octanol–water partition coefficient (Wildman–Crippen LogP) is 1.47. The summed E-state index contributed by atoms with van der Waals surface area (Å²) >= 11 is 0. The van der Waals surface area contributed by atoms with Crippen LogP contribution in [0.5, 0.6) is 11.5 Å². The van der Waals surface area contributed by atoms with Crippen LogP contribution < -0.4 is 10.5 Å². The zero-order valence-corrected chi connectivity index (χ0v) is 8.08. The molecule has 0 aliphatic rings. The van der Waals surface area contributed by atoms with E-state index in [-0.39, 0.29) is 11.6 Å². The Labute approximate surface area is 82.8 Å². The Balaban J connectivity index is 2.83. The molecule has 0 unspecified atom stereocenters. The molecule has 4 heteroatoms. The highest BCUT2D eigenvalue weighted by molar-refractivity contribution is 5.97. The first-order valence-corrected chi connectivity index (χ1v) is 4.45. The van der Waals surface area contributed by atoms with Crippen molar-refractivity contribution in [3.63, 3.8) is 0 Å². The zero-order chi connectivity index (χ0) is 10.6. The monoisotopic (exact) mass is 194 g/mol. The molecule has 14 heavy (non-hydrogen) atoms. The second-order valence-electron chi connectivity index (χ2n) is 2.94. The highest BCUT2D eigenvalue weighted by atomic mass is 16.5. The van der Waals surface area contributed by atoms with Crippen LogP contribution in [0.1, 0.15) is 18.9 Å². The van der Waals surface area contributed by atoms with Gasteiger partial charge < -0.3 is 15.6 Å². The first-order valence-electron chi connectivity index (χ1n) is 4.45. The van der Waals surface area contributed by atoms with Crippen LogP contribution in [-0.2, 0) is 0 Å². The lowest BCUT2D eigenvalue weighted by molar-refractivity contribution is 0.315. The molecule has 0 fully saturated rings. The van der Waals surface area contributed by atoms with Gasteiger partial charge in [-0.15, -0.1) is 0 Å². The minimum Gasteiger partial charge on any atom is -0.507 e. The molecule has 1 aromatic carbocycles. The van der Waals surface area contributed by atoms with Gasteiger partial charge in [-0.1, -0.05) is 6.92 Å². The molecule has 0 atom stereocenters. The number of phenolic OH excluding ortho intramolecular Hbond substituents is 1. The fraction of sp³-hybridized carbons (Fsp3) is 0.300. The van der Waals surface area contributed by atoms with Crippen molar-refractivity contribution in [3.05, 3.63) is 23.8 Å². The number of nitrogen functional groups attached to an aromatic ring is 1. The van der Waals surface area contributed by atoms with Gasteiger partial charge in [0.1, 0.15) is 17.3 Å². The van der Waals surface area contributed by atoms with Crippen molar-refractivity contribution >= 4 is 5.84 Å². The van der Waals surface area contributed by atoms with Crippen LogP contribution in [0.3, 0.4) is 0 Å². The largest absolute Gasteiger partial charge is 0.507 e. The Morgan fingerprint density at radius 1 is 1.57 bits per heavy atom. The van der Waals surface area contributed by atoms with E-state index in [1.807, 2.05) is 6.92 Å². The summed E-state index contributed by atoms with van der Waals surface area (Å²) in [6.07, 6.45) is 0.912. The maximum Gasteiger partial charge on any atom is 0.130 e. The minimum atomic E-state index is -0.149. The number of nitrogens with two attached hydrogens (primary N) is 1. The van der Waals surface area contributed by atoms with Crippen LogP contribution in [0.15, 0.2) is 18.2 Å². The molecule has 0 heterocycles. The van der Waals surface area contributed by atoms with Crippen LogP contribution in [0.2, 0.25) is 0 Å². The Morgan fingerprint density at radius 2 is 2.29 bits per heavy atom. The molecule has 0 aliphatic carbocycles. The number of benzene rings is 1. The van der Waals surface area contributed by atoms with E-state index >= 15 is 0 Å². The smallest absolute Gasteiger partial charge is 0.130 e. The van der Waals surface area contributed by atoms with Crippen molar-refractivity contribution < 1.29 is 9.84 Å². The lowest BCUT2D eigenvalue weighted by Gasteiger charge is -2.07. The van der Waals surface area contributed by atoms with Crippen LogP contribution in [0.25, 0.3) is 0 Å². The van der Waals surface area contributed by atoms with Gasteiger partial charge in [-0.25, -0.2) is 0 Å². The van der Waals surface area contributed by atoms with Crippen molar-refractivity contribution in [3.8, 4) is 11.5 Å². The molecule has 4 N–H and O–H groups in total. The second-order valence-corrected chi connectivity index (χ2v) is 2.94. The summed E-state index contributed by atoms with van der Waals surface area (Å²) in [4.78, 5) is 0. The zero-order valence-electron chi connectivity index (χ0n) is 8.08. The highest BCUT2D eigenvalue weighted by Gasteiger charge is 2.05. The quantitative estimate of drug-likeness (QED) is 0.501. The summed E-state index contributed by atoms with van der Waals surface area (Å²) in [5.74, 6) is 0.421. The summed E-state index contributed by atoms with van der Waals surface area (Å²) < 4.78 is 5.30. The van der Waals surface area contributed by atoms with Gasteiger partial charge in [-0.3, -0.25) is 5.41 Å². The SMILES string of the molecule is CCCOc1ccc(C(=N)N)c(O)c1. The van der Waals surface area contributed by atoms with Gasteiger partial charge in [0, 0.05) is 6.07 Å². The van der Waals surface area contributed by atoms with Gasteiger partial charge in [0.05, 0.1) is 12.2 Å². The van der Waals surface area contributed by atoms with E-state index in [1.165, 1.54) is 6.07 Å². The molecule has 0 saturated carbocycles. The van der Waals surface area contributed by atoms with E-state index in [1.54, 1.807) is 12.1 Å². The summed E-state index contributed by atoms with van der Waals surface area (Å²) in [7, 11) is 0. The third kappa shape index (κ3) is 2.39. The summed E-state index contributed by atoms with van der Waals surface area (Å²) in [6.45, 7) is 2.61. The molecule has 0 spiro atoms. The predicted molar refractivity (Wildman–Crippen MR) is 54.9 cm³/mol. The fourth-order valence-electron chi connectivity index (χ4n) is 1.05. The molecule has 0 radical (unpaired) electrons. The standard InChI is InChI=1S/C10H14N2O2/c1-2-5-14-7-3-4-8(10(11)12)9(13)6-7/h3-4,6,13H,2,5H2,1H3,(H3,11,12). The Kier molecular flexibility index (Phi) is 3.34. The van der Waals surface area contributed by atoms with E-state index < -0.39 is 0 Å². The topological polar surface area (TPSA) is 79.3 Å². The number of hydrogen-bond acceptors (Lipinski definition) is 3. The lowest BCUT2D eigenvalue weighted by atomic mass is 10.2. The average Bonchev–Trinajstić information content (AvgIpc) is 2.14. The molecule has 0 amide bonds. The fourth-order valence-corrected chi connectivity index (χ4v) is 1.05. The van der Waals surface area contributed by atoms with Crippen LogP contribution in [0.4, 0.5) is 0 Å². The maximum atomic E-state index is 9.46. The number of rotatable bonds is 4. The van der Waals surface area contributed by atoms with E-state index in [4.69, 9.17) is 15.9 Å². The molecule has 0 saturated heterocycles. The van der Waals surface area contributed by atoms with E-state index in [0.717, 1.165) is 6.42 Å². The molecular formula is C10H14N2O2. The van der Waals surface area contributed by atoms with E-state index in [9.17, 15) is 5.11 Å². The highest BCUT2D eigenvalue weighted by Crippen LogP contribution is 2.23. The maximum absolute atomic E-state index is 9.46. The van der Waals surface area contributed by atoms with Crippen molar-refractivity contribution in [2.75, 3.05) is 6.61 Å². The van der Waals surface area contributed by atoms with Crippen LogP contribution in [0, 0.1) is 5.41 Å². The molecule has 0 aromatic heterocycles. The molecular weight excluding hydrogens is 180 g/mol. The van der Waals surface area contributed by atoms with Gasteiger partial charge in [-0.05, 0) is 18.6 Å². The molecule has 76 valence electrons.